The molecular weight excluding hydrogens is 240 g/mol. The monoisotopic (exact) mass is 260 g/mol. The molecule has 6 nitrogen and oxygen atoms in total. The van der Waals surface area contributed by atoms with Crippen LogP contribution in [-0.2, 0) is 14.5 Å². The van der Waals surface area contributed by atoms with Crippen LogP contribution in [0.15, 0.2) is 0 Å². The largest absolute Gasteiger partial charge is 0.550 e. The fraction of sp³-hybridized carbons (Fsp3) is 0.833. The smallest absolute Gasteiger partial charge is 0.447 e. The number of hydrogen-bond donors (Lipinski definition) is 1. The van der Waals surface area contributed by atoms with Gasteiger partial charge >= 0.3 is 12.3 Å². The van der Waals surface area contributed by atoms with Crippen LogP contribution in [0.2, 0.25) is 0 Å². The summed E-state index contributed by atoms with van der Waals surface area (Å²) in [6, 6.07) is 0. The summed E-state index contributed by atoms with van der Waals surface area (Å²) < 4.78 is 4.95. The molecule has 0 aromatic heterocycles. The van der Waals surface area contributed by atoms with Gasteiger partial charge in [0.1, 0.15) is 6.10 Å². The van der Waals surface area contributed by atoms with Gasteiger partial charge in [-0.15, -0.1) is 0 Å². The zero-order valence-corrected chi connectivity index (χ0v) is 10.6. The molecule has 1 saturated carbocycles. The highest BCUT2D eigenvalue weighted by molar-refractivity contribution is 5.62. The molecule has 0 aliphatic heterocycles. The van der Waals surface area contributed by atoms with Crippen LogP contribution in [0.25, 0.3) is 0 Å². The van der Waals surface area contributed by atoms with E-state index in [9.17, 15) is 9.59 Å². The lowest BCUT2D eigenvalue weighted by atomic mass is 9.84. The van der Waals surface area contributed by atoms with Crippen LogP contribution in [0, 0.1) is 5.92 Å². The zero-order chi connectivity index (χ0) is 13.4. The minimum Gasteiger partial charge on any atom is -0.447 e. The zero-order valence-electron chi connectivity index (χ0n) is 10.6. The van der Waals surface area contributed by atoms with E-state index in [2.05, 4.69) is 16.7 Å². The average Bonchev–Trinajstić information content (AvgIpc) is 2.35. The van der Waals surface area contributed by atoms with Crippen LogP contribution < -0.4 is 0 Å². The predicted octanol–water partition coefficient (Wildman–Crippen LogP) is 3.50. The molecule has 0 saturated heterocycles. The molecule has 1 fully saturated rings. The van der Waals surface area contributed by atoms with E-state index >= 15 is 0 Å². The number of unbranched alkanes of at least 4 members (excludes halogenated alkanes) is 1. The normalized spacial score (nSPS) is 23.2. The van der Waals surface area contributed by atoms with Crippen molar-refractivity contribution in [2.75, 3.05) is 0 Å². The van der Waals surface area contributed by atoms with E-state index in [1.807, 2.05) is 0 Å². The minimum absolute atomic E-state index is 0.187. The molecule has 1 rings (SSSR count). The molecule has 0 atom stereocenters. The third kappa shape index (κ3) is 5.75. The molecule has 0 bridgehead atoms. The highest BCUT2D eigenvalue weighted by Crippen LogP contribution is 2.29. The van der Waals surface area contributed by atoms with Gasteiger partial charge in [0.2, 0.25) is 0 Å². The lowest BCUT2D eigenvalue weighted by Crippen LogP contribution is -2.25. The predicted molar refractivity (Wildman–Crippen MR) is 61.9 cm³/mol. The van der Waals surface area contributed by atoms with Gasteiger partial charge in [0.15, 0.2) is 0 Å². The number of hydrogen-bond acceptors (Lipinski definition) is 5. The summed E-state index contributed by atoms with van der Waals surface area (Å²) in [5, 5.41) is 8.13. The number of ether oxygens (including phenoxy) is 1. The molecule has 0 spiro atoms. The van der Waals surface area contributed by atoms with Gasteiger partial charge in [0, 0.05) is 0 Å². The van der Waals surface area contributed by atoms with Crippen LogP contribution >= 0.6 is 0 Å². The van der Waals surface area contributed by atoms with Crippen LogP contribution in [0.5, 0.6) is 0 Å². The van der Waals surface area contributed by atoms with Crippen molar-refractivity contribution in [2.45, 2.75) is 58.0 Å². The second-order valence-corrected chi connectivity index (χ2v) is 4.59. The summed E-state index contributed by atoms with van der Waals surface area (Å²) >= 11 is 0. The molecule has 0 amide bonds. The van der Waals surface area contributed by atoms with E-state index in [1.54, 1.807) is 0 Å². The van der Waals surface area contributed by atoms with E-state index in [0.717, 1.165) is 31.6 Å². The SMILES string of the molecule is CCCCC1CCC(OC(=O)OOC(=O)O)CC1. The van der Waals surface area contributed by atoms with Gasteiger partial charge in [-0.2, -0.15) is 9.68 Å². The summed E-state index contributed by atoms with van der Waals surface area (Å²) in [4.78, 5) is 28.6. The molecule has 0 aromatic carbocycles. The van der Waals surface area contributed by atoms with Gasteiger partial charge in [-0.05, 0) is 31.6 Å². The van der Waals surface area contributed by atoms with Crippen molar-refractivity contribution < 1.29 is 29.2 Å². The molecule has 0 aromatic rings. The Hall–Kier alpha value is -1.46. The molecule has 0 unspecified atom stereocenters. The summed E-state index contributed by atoms with van der Waals surface area (Å²) in [5.41, 5.74) is 0. The summed E-state index contributed by atoms with van der Waals surface area (Å²) in [7, 11) is 0. The van der Waals surface area contributed by atoms with E-state index in [-0.39, 0.29) is 6.10 Å². The van der Waals surface area contributed by atoms with Crippen molar-refractivity contribution in [1.82, 2.24) is 0 Å². The Morgan fingerprint density at radius 3 is 2.39 bits per heavy atom. The third-order valence-electron chi connectivity index (χ3n) is 3.20. The second-order valence-electron chi connectivity index (χ2n) is 4.59. The Morgan fingerprint density at radius 1 is 1.17 bits per heavy atom. The van der Waals surface area contributed by atoms with Crippen molar-refractivity contribution in [2.24, 2.45) is 5.92 Å². The maximum atomic E-state index is 11.0. The fourth-order valence-electron chi connectivity index (χ4n) is 2.26. The Labute approximate surface area is 106 Å². The number of carbonyl (C=O) groups is 2. The fourth-order valence-corrected chi connectivity index (χ4v) is 2.26. The van der Waals surface area contributed by atoms with E-state index < -0.39 is 12.3 Å². The highest BCUT2D eigenvalue weighted by Gasteiger charge is 2.24. The van der Waals surface area contributed by atoms with Crippen LogP contribution in [0.1, 0.15) is 51.9 Å². The molecule has 1 aliphatic carbocycles. The Kier molecular flexibility index (Phi) is 6.32. The summed E-state index contributed by atoms with van der Waals surface area (Å²) in [5.74, 6) is 0.719. The first-order valence-electron chi connectivity index (χ1n) is 6.39. The maximum Gasteiger partial charge on any atom is 0.550 e. The Balaban J connectivity index is 2.14. The first-order valence-corrected chi connectivity index (χ1v) is 6.39. The van der Waals surface area contributed by atoms with Crippen molar-refractivity contribution >= 4 is 12.3 Å². The minimum atomic E-state index is -1.67. The van der Waals surface area contributed by atoms with Gasteiger partial charge in [0.05, 0.1) is 0 Å². The van der Waals surface area contributed by atoms with Gasteiger partial charge < -0.3 is 9.84 Å². The highest BCUT2D eigenvalue weighted by atomic mass is 17.3. The van der Waals surface area contributed by atoms with Crippen molar-refractivity contribution in [3.05, 3.63) is 0 Å². The molecule has 18 heavy (non-hydrogen) atoms. The van der Waals surface area contributed by atoms with Gasteiger partial charge in [-0.25, -0.2) is 9.68 Å². The molecular formula is C12H20O6. The van der Waals surface area contributed by atoms with Gasteiger partial charge in [-0.3, -0.25) is 0 Å². The Morgan fingerprint density at radius 2 is 1.83 bits per heavy atom. The number of carbonyl (C=O) groups excluding carboxylic acids is 1. The number of rotatable bonds is 4. The van der Waals surface area contributed by atoms with Gasteiger partial charge in [-0.1, -0.05) is 26.2 Å². The molecule has 1 aliphatic rings. The van der Waals surface area contributed by atoms with E-state index in [1.165, 1.54) is 19.3 Å². The second kappa shape index (κ2) is 7.79. The summed E-state index contributed by atoms with van der Waals surface area (Å²) in [6.07, 6.45) is 4.41. The average molecular weight is 260 g/mol. The molecule has 104 valence electrons. The van der Waals surface area contributed by atoms with Crippen molar-refractivity contribution in [3.8, 4) is 0 Å². The van der Waals surface area contributed by atoms with E-state index in [0.29, 0.717) is 0 Å². The Bertz CT molecular complexity index is 270. The van der Waals surface area contributed by atoms with Gasteiger partial charge in [0.25, 0.3) is 0 Å². The summed E-state index contributed by atoms with van der Waals surface area (Å²) in [6.45, 7) is 2.17. The molecule has 6 heteroatoms. The first kappa shape index (κ1) is 14.6. The molecule has 0 heterocycles. The topological polar surface area (TPSA) is 82.1 Å². The quantitative estimate of drug-likeness (QED) is 0.473. The van der Waals surface area contributed by atoms with E-state index in [4.69, 9.17) is 9.84 Å². The lowest BCUT2D eigenvalue weighted by Gasteiger charge is -2.27. The third-order valence-corrected chi connectivity index (χ3v) is 3.20. The maximum absolute atomic E-state index is 11.0. The van der Waals surface area contributed by atoms with Crippen LogP contribution in [0.4, 0.5) is 9.59 Å². The van der Waals surface area contributed by atoms with Crippen LogP contribution in [0.3, 0.4) is 0 Å². The van der Waals surface area contributed by atoms with Crippen LogP contribution in [-0.4, -0.2) is 23.5 Å². The van der Waals surface area contributed by atoms with Crippen molar-refractivity contribution in [1.29, 1.82) is 0 Å². The number of carboxylic acid groups (broad SMARTS) is 1. The van der Waals surface area contributed by atoms with Crippen molar-refractivity contribution in [3.63, 3.8) is 0 Å². The standard InChI is InChI=1S/C12H20O6/c1-2-3-4-9-5-7-10(8-6-9)16-12(15)18-17-11(13)14/h9-10H,2-8H2,1H3,(H,13,14). The first-order chi connectivity index (χ1) is 8.61. The molecule has 0 radical (unpaired) electrons. The lowest BCUT2D eigenvalue weighted by molar-refractivity contribution is -0.218. The molecule has 1 N–H and O–H groups in total.